The molecule has 0 radical (unpaired) electrons. The zero-order valence-electron chi connectivity index (χ0n) is 21.4. The van der Waals surface area contributed by atoms with Crippen molar-refractivity contribution in [3.8, 4) is 17.0 Å². The van der Waals surface area contributed by atoms with Gasteiger partial charge in [0.2, 0.25) is 5.95 Å². The number of aromatic nitrogens is 5. The molecule has 1 saturated carbocycles. The van der Waals surface area contributed by atoms with Crippen molar-refractivity contribution in [2.75, 3.05) is 57.1 Å². The molecular formula is C27H33N9O. The van der Waals surface area contributed by atoms with Crippen LogP contribution in [0.5, 0.6) is 5.75 Å². The maximum atomic E-state index is 5.80. The standard InChI is InChI=1S/C27H33N9O/c1-35(15-18-3-4-18)26-25(37-2)24(30-17-31-26)20-5-6-21-22(14-20)33-27(32-21)34-23-13-19(7-8-29-23)16-36-11-9-28-10-12-36/h5-8,13-14,17-18,28H,3-4,9-12,15-16H2,1-2H3,(H2,29,32,33,34). The summed E-state index contributed by atoms with van der Waals surface area (Å²) in [5.41, 5.74) is 4.71. The van der Waals surface area contributed by atoms with Crippen LogP contribution in [0.25, 0.3) is 22.3 Å². The van der Waals surface area contributed by atoms with Gasteiger partial charge in [-0.05, 0) is 48.6 Å². The number of piperazine rings is 1. The average molecular weight is 500 g/mol. The van der Waals surface area contributed by atoms with E-state index in [-0.39, 0.29) is 0 Å². The van der Waals surface area contributed by atoms with Crippen LogP contribution in [0.3, 0.4) is 0 Å². The molecule has 4 aromatic rings. The first-order chi connectivity index (χ1) is 18.2. The van der Waals surface area contributed by atoms with Crippen molar-refractivity contribution in [2.45, 2.75) is 19.4 Å². The summed E-state index contributed by atoms with van der Waals surface area (Å²) in [5, 5.41) is 6.73. The molecule has 1 saturated heterocycles. The number of anilines is 3. The highest BCUT2D eigenvalue weighted by Crippen LogP contribution is 2.38. The molecule has 1 aliphatic heterocycles. The second kappa shape index (κ2) is 10.3. The Balaban J connectivity index is 1.22. The third-order valence-corrected chi connectivity index (χ3v) is 7.02. The zero-order valence-corrected chi connectivity index (χ0v) is 21.4. The van der Waals surface area contributed by atoms with Gasteiger partial charge in [-0.15, -0.1) is 0 Å². The lowest BCUT2D eigenvalue weighted by molar-refractivity contribution is 0.233. The number of nitrogens with zero attached hydrogens (tertiary/aromatic N) is 6. The van der Waals surface area contributed by atoms with Gasteiger partial charge in [0, 0.05) is 58.1 Å². The van der Waals surface area contributed by atoms with E-state index >= 15 is 0 Å². The smallest absolute Gasteiger partial charge is 0.206 e. The maximum Gasteiger partial charge on any atom is 0.206 e. The van der Waals surface area contributed by atoms with Crippen LogP contribution >= 0.6 is 0 Å². The van der Waals surface area contributed by atoms with E-state index in [4.69, 9.17) is 9.72 Å². The molecule has 192 valence electrons. The Morgan fingerprint density at radius 3 is 2.78 bits per heavy atom. The number of H-pyrrole nitrogens is 1. The molecule has 2 fully saturated rings. The van der Waals surface area contributed by atoms with E-state index in [0.717, 1.165) is 79.1 Å². The van der Waals surface area contributed by atoms with Gasteiger partial charge in [-0.2, -0.15) is 0 Å². The molecule has 0 atom stereocenters. The Morgan fingerprint density at radius 2 is 1.97 bits per heavy atom. The van der Waals surface area contributed by atoms with Crippen LogP contribution < -0.4 is 20.3 Å². The molecule has 0 unspecified atom stereocenters. The normalized spacial score (nSPS) is 16.2. The molecule has 2 aliphatic rings. The third-order valence-electron chi connectivity index (χ3n) is 7.02. The molecular weight excluding hydrogens is 466 g/mol. The van der Waals surface area contributed by atoms with Gasteiger partial charge in [0.25, 0.3) is 0 Å². The number of aromatic amines is 1. The quantitative estimate of drug-likeness (QED) is 0.319. The average Bonchev–Trinajstić information content (AvgIpc) is 3.65. The Hall–Kier alpha value is -3.76. The van der Waals surface area contributed by atoms with E-state index in [0.29, 0.717) is 11.7 Å². The molecule has 3 aromatic heterocycles. The number of imidazole rings is 1. The number of hydrogen-bond acceptors (Lipinski definition) is 9. The lowest BCUT2D eigenvalue weighted by Crippen LogP contribution is -2.42. The fourth-order valence-corrected chi connectivity index (χ4v) is 4.91. The van der Waals surface area contributed by atoms with Gasteiger partial charge in [0.15, 0.2) is 11.6 Å². The SMILES string of the molecule is COc1c(-c2ccc3nc(Nc4cc(CN5CCNCC5)ccn4)[nH]c3c2)ncnc1N(C)CC1CC1. The second-order valence-electron chi connectivity index (χ2n) is 9.92. The summed E-state index contributed by atoms with van der Waals surface area (Å²) in [5.74, 6) is 3.68. The molecule has 4 heterocycles. The highest BCUT2D eigenvalue weighted by atomic mass is 16.5. The summed E-state index contributed by atoms with van der Waals surface area (Å²) in [4.78, 5) is 26.3. The Kier molecular flexibility index (Phi) is 6.58. The zero-order chi connectivity index (χ0) is 25.2. The fourth-order valence-electron chi connectivity index (χ4n) is 4.91. The first kappa shape index (κ1) is 23.6. The van der Waals surface area contributed by atoms with Crippen LogP contribution in [0.4, 0.5) is 17.6 Å². The summed E-state index contributed by atoms with van der Waals surface area (Å²) in [7, 11) is 3.74. The number of nitrogens with one attached hydrogen (secondary N) is 3. The Labute approximate surface area is 216 Å². The van der Waals surface area contributed by atoms with Crippen molar-refractivity contribution >= 4 is 28.6 Å². The Morgan fingerprint density at radius 1 is 1.11 bits per heavy atom. The lowest BCUT2D eigenvalue weighted by atomic mass is 10.1. The molecule has 10 heteroatoms. The minimum atomic E-state index is 0.651. The van der Waals surface area contributed by atoms with Gasteiger partial charge in [-0.25, -0.2) is 19.9 Å². The minimum Gasteiger partial charge on any atom is -0.491 e. The van der Waals surface area contributed by atoms with Crippen molar-refractivity contribution in [1.29, 1.82) is 0 Å². The predicted molar refractivity (Wildman–Crippen MR) is 145 cm³/mol. The fraction of sp³-hybridized carbons (Fsp3) is 0.407. The molecule has 0 spiro atoms. The van der Waals surface area contributed by atoms with Crippen molar-refractivity contribution in [3.63, 3.8) is 0 Å². The number of benzene rings is 1. The van der Waals surface area contributed by atoms with Crippen LogP contribution in [0.15, 0.2) is 42.9 Å². The van der Waals surface area contributed by atoms with Gasteiger partial charge in [0.05, 0.1) is 18.1 Å². The van der Waals surface area contributed by atoms with Gasteiger partial charge < -0.3 is 25.3 Å². The van der Waals surface area contributed by atoms with E-state index in [1.807, 2.05) is 18.3 Å². The van der Waals surface area contributed by atoms with Crippen LogP contribution in [0.2, 0.25) is 0 Å². The molecule has 6 rings (SSSR count). The highest BCUT2D eigenvalue weighted by molar-refractivity contribution is 5.85. The maximum absolute atomic E-state index is 5.80. The summed E-state index contributed by atoms with van der Waals surface area (Å²) >= 11 is 0. The Bertz CT molecular complexity index is 1380. The summed E-state index contributed by atoms with van der Waals surface area (Å²) in [6.07, 6.45) is 6.03. The first-order valence-corrected chi connectivity index (χ1v) is 12.9. The number of rotatable bonds is 9. The van der Waals surface area contributed by atoms with Crippen LogP contribution in [-0.2, 0) is 6.54 Å². The number of pyridine rings is 1. The first-order valence-electron chi connectivity index (χ1n) is 12.9. The molecule has 0 bridgehead atoms. The molecule has 1 aromatic carbocycles. The van der Waals surface area contributed by atoms with Crippen molar-refractivity contribution in [1.82, 2.24) is 35.1 Å². The summed E-state index contributed by atoms with van der Waals surface area (Å²) in [6, 6.07) is 10.2. The van der Waals surface area contributed by atoms with E-state index in [1.54, 1.807) is 13.4 Å². The van der Waals surface area contributed by atoms with Gasteiger partial charge in [-0.3, -0.25) is 4.90 Å². The van der Waals surface area contributed by atoms with Crippen molar-refractivity contribution in [3.05, 3.63) is 48.4 Å². The third kappa shape index (κ3) is 5.35. The second-order valence-corrected chi connectivity index (χ2v) is 9.92. The number of ether oxygens (including phenoxy) is 1. The number of methoxy groups -OCH3 is 1. The number of hydrogen-bond donors (Lipinski definition) is 3. The lowest BCUT2D eigenvalue weighted by Gasteiger charge is -2.27. The van der Waals surface area contributed by atoms with Gasteiger partial charge in [-0.1, -0.05) is 6.07 Å². The van der Waals surface area contributed by atoms with Gasteiger partial charge in [0.1, 0.15) is 17.8 Å². The molecule has 3 N–H and O–H groups in total. The predicted octanol–water partition coefficient (Wildman–Crippen LogP) is 3.42. The molecule has 1 aliphatic carbocycles. The monoisotopic (exact) mass is 499 g/mol. The topological polar surface area (TPSA) is 107 Å². The summed E-state index contributed by atoms with van der Waals surface area (Å²) < 4.78 is 5.80. The van der Waals surface area contributed by atoms with Crippen molar-refractivity contribution in [2.24, 2.45) is 5.92 Å². The minimum absolute atomic E-state index is 0.651. The van der Waals surface area contributed by atoms with Gasteiger partial charge >= 0.3 is 0 Å². The molecule has 0 amide bonds. The molecule has 37 heavy (non-hydrogen) atoms. The van der Waals surface area contributed by atoms with Crippen molar-refractivity contribution < 1.29 is 4.74 Å². The summed E-state index contributed by atoms with van der Waals surface area (Å²) in [6.45, 7) is 6.10. The van der Waals surface area contributed by atoms with Crippen LogP contribution in [0.1, 0.15) is 18.4 Å². The highest BCUT2D eigenvalue weighted by Gasteiger charge is 2.26. The molecule has 10 nitrogen and oxygen atoms in total. The van der Waals surface area contributed by atoms with Crippen LogP contribution in [-0.4, -0.2) is 76.7 Å². The van der Waals surface area contributed by atoms with E-state index in [1.165, 1.54) is 18.4 Å². The van der Waals surface area contributed by atoms with E-state index in [9.17, 15) is 0 Å². The largest absolute Gasteiger partial charge is 0.491 e. The van der Waals surface area contributed by atoms with E-state index in [2.05, 4.69) is 65.6 Å². The number of fused-ring (bicyclic) bond motifs is 1. The van der Waals surface area contributed by atoms with E-state index < -0.39 is 0 Å². The van der Waals surface area contributed by atoms with Crippen LogP contribution in [0, 0.1) is 5.92 Å².